The first-order chi connectivity index (χ1) is 20.6. The number of anilines is 1. The first-order valence-electron chi connectivity index (χ1n) is 14.0. The number of aryl methyl sites for hydroxylation is 1. The lowest BCUT2D eigenvalue weighted by Gasteiger charge is -2.37. The summed E-state index contributed by atoms with van der Waals surface area (Å²) in [4.78, 5) is 44.3. The van der Waals surface area contributed by atoms with Gasteiger partial charge in [-0.2, -0.15) is 0 Å². The Kier molecular flexibility index (Phi) is 7.25. The molecule has 0 radical (unpaired) electrons. The summed E-state index contributed by atoms with van der Waals surface area (Å²) < 4.78 is 6.53. The minimum Gasteiger partial charge on any atom is -0.439 e. The number of pyridine rings is 1. The number of rotatable bonds is 7. The quantitative estimate of drug-likeness (QED) is 0.158. The zero-order valence-corrected chi connectivity index (χ0v) is 24.4. The van der Waals surface area contributed by atoms with Crippen LogP contribution in [0.5, 0.6) is 11.6 Å². The number of hydrogen-bond donors (Lipinski definition) is 5. The highest BCUT2D eigenvalue weighted by atomic mass is 32.1. The Morgan fingerprint density at radius 3 is 2.56 bits per heavy atom. The highest BCUT2D eigenvalue weighted by Gasteiger charge is 2.49. The summed E-state index contributed by atoms with van der Waals surface area (Å²) >= 11 is 1.19. The summed E-state index contributed by atoms with van der Waals surface area (Å²) in [7, 11) is 0. The van der Waals surface area contributed by atoms with Crippen molar-refractivity contribution in [1.29, 1.82) is 0 Å². The van der Waals surface area contributed by atoms with Crippen molar-refractivity contribution in [2.24, 2.45) is 11.5 Å². The molecule has 8 N–H and O–H groups in total. The Morgan fingerprint density at radius 1 is 1.12 bits per heavy atom. The maximum Gasteiger partial charge on any atom is 0.262 e. The van der Waals surface area contributed by atoms with Gasteiger partial charge in [0.1, 0.15) is 11.3 Å². The van der Waals surface area contributed by atoms with E-state index in [4.69, 9.17) is 21.9 Å². The molecule has 0 saturated heterocycles. The fraction of sp³-hybridized carbons (Fsp3) is 0.250. The van der Waals surface area contributed by atoms with Crippen molar-refractivity contribution in [1.82, 2.24) is 15.6 Å². The smallest absolute Gasteiger partial charge is 0.262 e. The molecule has 2 aliphatic rings. The molecule has 2 aromatic carbocycles. The van der Waals surface area contributed by atoms with Crippen molar-refractivity contribution in [2.45, 2.75) is 49.9 Å². The summed E-state index contributed by atoms with van der Waals surface area (Å²) in [5.74, 6) is -0.112. The van der Waals surface area contributed by atoms with Crippen molar-refractivity contribution in [2.75, 3.05) is 5.73 Å². The van der Waals surface area contributed by atoms with Crippen molar-refractivity contribution < 1.29 is 19.1 Å². The molecule has 4 aromatic rings. The summed E-state index contributed by atoms with van der Waals surface area (Å²) in [6.07, 6.45) is 5.14. The largest absolute Gasteiger partial charge is 0.439 e. The van der Waals surface area contributed by atoms with Crippen molar-refractivity contribution >= 4 is 44.7 Å². The van der Waals surface area contributed by atoms with Crippen molar-refractivity contribution in [3.8, 4) is 11.6 Å². The number of carbonyl (C=O) groups is 3. The van der Waals surface area contributed by atoms with Gasteiger partial charge < -0.3 is 32.6 Å². The number of thiophene rings is 1. The average Bonchev–Trinajstić information content (AvgIpc) is 3.61. The molecule has 0 spiro atoms. The maximum absolute atomic E-state index is 14.2. The number of nitrogens with zero attached hydrogens (tertiary/aromatic N) is 1. The molecule has 0 aliphatic heterocycles. The second-order valence-corrected chi connectivity index (χ2v) is 12.0. The monoisotopic (exact) mass is 596 g/mol. The second kappa shape index (κ2) is 10.9. The highest BCUT2D eigenvalue weighted by Crippen LogP contribution is 2.50. The van der Waals surface area contributed by atoms with E-state index in [1.807, 2.05) is 13.0 Å². The van der Waals surface area contributed by atoms with Gasteiger partial charge in [-0.25, -0.2) is 4.98 Å². The van der Waals surface area contributed by atoms with E-state index < -0.39 is 17.4 Å². The van der Waals surface area contributed by atoms with Crippen LogP contribution in [0, 0.1) is 6.92 Å². The van der Waals surface area contributed by atoms with Gasteiger partial charge in [0.15, 0.2) is 5.78 Å². The topological polar surface area (TPSA) is 175 Å². The molecule has 1 fully saturated rings. The van der Waals surface area contributed by atoms with Crippen molar-refractivity contribution in [3.05, 3.63) is 94.5 Å². The summed E-state index contributed by atoms with van der Waals surface area (Å²) in [5, 5.41) is 6.58. The third kappa shape index (κ3) is 4.75. The highest BCUT2D eigenvalue weighted by molar-refractivity contribution is 7.21. The summed E-state index contributed by atoms with van der Waals surface area (Å²) in [5.41, 5.74) is 21.2. The zero-order valence-electron chi connectivity index (χ0n) is 23.6. The number of nitrogens with one attached hydrogen (secondary N) is 2. The molecule has 2 aliphatic carbocycles. The van der Waals surface area contributed by atoms with Gasteiger partial charge in [0.25, 0.3) is 5.91 Å². The number of ether oxygens (including phenoxy) is 1. The molecule has 10 nitrogen and oxygen atoms in total. The van der Waals surface area contributed by atoms with Crippen molar-refractivity contribution in [3.63, 3.8) is 0 Å². The molecule has 11 heteroatoms. The van der Waals surface area contributed by atoms with E-state index in [0.29, 0.717) is 55.4 Å². The Labute approximate surface area is 252 Å². The van der Waals surface area contributed by atoms with Gasteiger partial charge in [-0.1, -0.05) is 24.8 Å². The van der Waals surface area contributed by atoms with Crippen LogP contribution in [0.1, 0.15) is 57.2 Å². The number of ketones is 1. The molecule has 1 saturated carbocycles. The molecule has 2 unspecified atom stereocenters. The van der Waals surface area contributed by atoms with E-state index in [2.05, 4.69) is 22.2 Å². The Morgan fingerprint density at radius 2 is 1.86 bits per heavy atom. The van der Waals surface area contributed by atoms with E-state index in [1.54, 1.807) is 48.7 Å². The number of nitrogens with two attached hydrogens (primary N) is 3. The van der Waals surface area contributed by atoms with Gasteiger partial charge in [0, 0.05) is 41.0 Å². The molecule has 2 aromatic heterocycles. The van der Waals surface area contributed by atoms with Crippen LogP contribution in [0.4, 0.5) is 5.69 Å². The summed E-state index contributed by atoms with van der Waals surface area (Å²) in [6, 6.07) is 12.5. The van der Waals surface area contributed by atoms with Gasteiger partial charge in [-0.15, -0.1) is 11.3 Å². The minimum absolute atomic E-state index is 0.222. The number of Topliss-reactive ketones (excluding diaryl/α,β-unsaturated/α-hetero) is 1. The van der Waals surface area contributed by atoms with E-state index in [0.717, 1.165) is 18.4 Å². The molecule has 2 amide bonds. The second-order valence-electron chi connectivity index (χ2n) is 11.0. The van der Waals surface area contributed by atoms with Gasteiger partial charge in [-0.05, 0) is 73.2 Å². The van der Waals surface area contributed by atoms with Crippen LogP contribution < -0.4 is 32.6 Å². The van der Waals surface area contributed by atoms with Crippen LogP contribution in [-0.4, -0.2) is 34.7 Å². The van der Waals surface area contributed by atoms with Gasteiger partial charge in [-0.3, -0.25) is 14.4 Å². The molecule has 220 valence electrons. The Hall–Kier alpha value is -4.58. The minimum atomic E-state index is -1.59. The lowest BCUT2D eigenvalue weighted by atomic mass is 9.69. The molecule has 0 bridgehead atoms. The Bertz CT molecular complexity index is 1790. The van der Waals surface area contributed by atoms with Crippen LogP contribution in [0.25, 0.3) is 10.1 Å². The molecular weight excluding hydrogens is 564 g/mol. The average molecular weight is 597 g/mol. The first kappa shape index (κ1) is 28.5. The Balaban J connectivity index is 1.40. The van der Waals surface area contributed by atoms with Gasteiger partial charge in [0.2, 0.25) is 11.8 Å². The molecule has 6 rings (SSSR count). The molecule has 4 atom stereocenters. The summed E-state index contributed by atoms with van der Waals surface area (Å²) in [6.45, 7) is 5.36. The number of hydrogen-bond acceptors (Lipinski definition) is 9. The third-order valence-electron chi connectivity index (χ3n) is 8.35. The molecule has 2 heterocycles. The van der Waals surface area contributed by atoms with Gasteiger partial charge >= 0.3 is 0 Å². The van der Waals surface area contributed by atoms with E-state index in [1.165, 1.54) is 17.4 Å². The van der Waals surface area contributed by atoms with Crippen LogP contribution in [0.2, 0.25) is 0 Å². The van der Waals surface area contributed by atoms with E-state index >= 15 is 0 Å². The SMILES string of the molecule is C=CC(=O)N[C@H]1CCC[C@H]1NC(=O)c1sc2c(N)ccc3c2c1C(N)C(=O)C3(N)c1ccc(Oc2ccccn2)cc1C. The lowest BCUT2D eigenvalue weighted by molar-refractivity contribution is -0.124. The third-order valence-corrected chi connectivity index (χ3v) is 9.60. The predicted octanol–water partition coefficient (Wildman–Crippen LogP) is 3.72. The molecule has 43 heavy (non-hydrogen) atoms. The van der Waals surface area contributed by atoms with Crippen LogP contribution in [0.3, 0.4) is 0 Å². The number of benzene rings is 2. The fourth-order valence-corrected chi connectivity index (χ4v) is 7.48. The predicted molar refractivity (Wildman–Crippen MR) is 166 cm³/mol. The molecular formula is C32H32N6O4S. The number of aromatic nitrogens is 1. The van der Waals surface area contributed by atoms with E-state index in [-0.39, 0.29) is 23.9 Å². The fourth-order valence-electron chi connectivity index (χ4n) is 6.28. The van der Waals surface area contributed by atoms with Crippen LogP contribution in [-0.2, 0) is 15.1 Å². The lowest BCUT2D eigenvalue weighted by Crippen LogP contribution is -2.53. The number of carbonyl (C=O) groups excluding carboxylic acids is 3. The van der Waals surface area contributed by atoms with E-state index in [9.17, 15) is 14.4 Å². The first-order valence-corrected chi connectivity index (χ1v) is 14.8. The number of nitrogen functional groups attached to an aromatic ring is 1. The maximum atomic E-state index is 14.2. The normalized spacial score (nSPS) is 22.8. The number of amides is 2. The van der Waals surface area contributed by atoms with Gasteiger partial charge in [0.05, 0.1) is 15.6 Å². The zero-order chi connectivity index (χ0) is 30.5. The van der Waals surface area contributed by atoms with Crippen LogP contribution >= 0.6 is 11.3 Å². The standard InChI is InChI=1S/C32H32N6O4S/c1-3-23(39)37-21-7-6-8-22(21)38-31(41)29-26-25-19(12-13-20(33)28(25)43-29)32(35,30(40)27(26)34)18-11-10-17(15-16(18)2)42-24-9-4-5-14-36-24/h3-5,9-15,21-22,27H,1,6-8,33-35H2,2H3,(H,37,39)(H,38,41)/t21-,22+,27?,32?/m0/s1. The van der Waals surface area contributed by atoms with Crippen LogP contribution in [0.15, 0.2) is 67.4 Å².